The summed E-state index contributed by atoms with van der Waals surface area (Å²) in [5, 5.41) is 6.44. The topological polar surface area (TPSA) is 66.9 Å². The van der Waals surface area contributed by atoms with Crippen molar-refractivity contribution in [1.82, 2.24) is 15.3 Å². The maximum absolute atomic E-state index is 12.4. The smallest absolute Gasteiger partial charge is 0.241 e. The van der Waals surface area contributed by atoms with Crippen molar-refractivity contribution < 1.29 is 4.79 Å². The van der Waals surface area contributed by atoms with Crippen molar-refractivity contribution in [3.05, 3.63) is 18.2 Å². The fourth-order valence-electron chi connectivity index (χ4n) is 3.53. The molecule has 1 aliphatic carbocycles. The number of hydrogen-bond acceptors (Lipinski definition) is 4. The van der Waals surface area contributed by atoms with Crippen molar-refractivity contribution in [3.63, 3.8) is 0 Å². The molecule has 1 aromatic rings. The van der Waals surface area contributed by atoms with Crippen LogP contribution in [0.1, 0.15) is 58.7 Å². The highest BCUT2D eigenvalue weighted by atomic mass is 16.2. The Morgan fingerprint density at radius 3 is 2.55 bits per heavy atom. The van der Waals surface area contributed by atoms with Crippen molar-refractivity contribution >= 4 is 11.6 Å². The first kappa shape index (κ1) is 15.4. The zero-order chi connectivity index (χ0) is 15.7. The molecule has 5 nitrogen and oxygen atoms in total. The second-order valence-corrected chi connectivity index (χ2v) is 7.64. The Hall–Kier alpha value is -1.49. The van der Waals surface area contributed by atoms with Crippen LogP contribution in [-0.4, -0.2) is 28.0 Å². The van der Waals surface area contributed by atoms with E-state index >= 15 is 0 Å². The first-order chi connectivity index (χ1) is 10.4. The van der Waals surface area contributed by atoms with Crippen LogP contribution in [0.2, 0.25) is 0 Å². The Bertz CT molecular complexity index is 521. The molecule has 2 N–H and O–H groups in total. The molecule has 3 atom stereocenters. The number of nitrogens with one attached hydrogen (secondary N) is 2. The zero-order valence-corrected chi connectivity index (χ0v) is 13.7. The summed E-state index contributed by atoms with van der Waals surface area (Å²) < 4.78 is 0. The number of carbonyl (C=O) groups is 1. The molecule has 0 spiro atoms. The van der Waals surface area contributed by atoms with E-state index in [1.54, 1.807) is 12.4 Å². The van der Waals surface area contributed by atoms with E-state index in [0.29, 0.717) is 17.6 Å². The fraction of sp³-hybridized carbons (Fsp3) is 0.706. The molecule has 2 fully saturated rings. The number of carbonyl (C=O) groups excluding carboxylic acids is 1. The van der Waals surface area contributed by atoms with Gasteiger partial charge in [0.25, 0.3) is 0 Å². The van der Waals surface area contributed by atoms with E-state index < -0.39 is 0 Å². The lowest BCUT2D eigenvalue weighted by molar-refractivity contribution is -0.117. The summed E-state index contributed by atoms with van der Waals surface area (Å²) in [5.41, 5.74) is 0.597. The summed E-state index contributed by atoms with van der Waals surface area (Å²) >= 11 is 0. The Labute approximate surface area is 132 Å². The van der Waals surface area contributed by atoms with Crippen LogP contribution in [0.3, 0.4) is 0 Å². The fourth-order valence-corrected chi connectivity index (χ4v) is 3.53. The summed E-state index contributed by atoms with van der Waals surface area (Å²) in [6.07, 6.45) is 9.41. The Kier molecular flexibility index (Phi) is 4.17. The number of aromatic nitrogens is 2. The highest BCUT2D eigenvalue weighted by molar-refractivity contribution is 5.94. The summed E-state index contributed by atoms with van der Waals surface area (Å²) in [7, 11) is 0. The SMILES string of the molecule is CC(C)(C)c1ncc(NC(=O)C2CC3CCCCC3N2)cn1. The van der Waals surface area contributed by atoms with Crippen LogP contribution in [-0.2, 0) is 10.2 Å². The maximum atomic E-state index is 12.4. The molecule has 120 valence electrons. The number of anilines is 1. The molecular weight excluding hydrogens is 276 g/mol. The van der Waals surface area contributed by atoms with Gasteiger partial charge in [0, 0.05) is 11.5 Å². The molecule has 1 saturated carbocycles. The molecule has 5 heteroatoms. The standard InChI is InChI=1S/C17H26N4O/c1-17(2,3)16-18-9-12(10-19-16)20-15(22)14-8-11-6-4-5-7-13(11)21-14/h9-11,13-14,21H,4-8H2,1-3H3,(H,20,22). The predicted octanol–water partition coefficient (Wildman–Crippen LogP) is 2.63. The summed E-state index contributed by atoms with van der Waals surface area (Å²) in [4.78, 5) is 21.1. The zero-order valence-electron chi connectivity index (χ0n) is 13.7. The quantitative estimate of drug-likeness (QED) is 0.881. The van der Waals surface area contributed by atoms with Crippen LogP contribution < -0.4 is 10.6 Å². The normalized spacial score (nSPS) is 28.2. The minimum Gasteiger partial charge on any atom is -0.322 e. The van der Waals surface area contributed by atoms with Crippen LogP contribution in [0.25, 0.3) is 0 Å². The van der Waals surface area contributed by atoms with E-state index in [1.807, 2.05) is 0 Å². The lowest BCUT2D eigenvalue weighted by Gasteiger charge is -2.24. The third-order valence-corrected chi connectivity index (χ3v) is 4.77. The first-order valence-corrected chi connectivity index (χ1v) is 8.33. The maximum Gasteiger partial charge on any atom is 0.241 e. The Morgan fingerprint density at radius 1 is 1.23 bits per heavy atom. The average Bonchev–Trinajstić information content (AvgIpc) is 2.91. The predicted molar refractivity (Wildman–Crippen MR) is 86.6 cm³/mol. The molecule has 0 aromatic carbocycles. The van der Waals surface area contributed by atoms with Crippen molar-refractivity contribution in [2.75, 3.05) is 5.32 Å². The molecule has 1 saturated heterocycles. The van der Waals surface area contributed by atoms with Crippen molar-refractivity contribution in [2.45, 2.75) is 70.4 Å². The minimum atomic E-state index is -0.0781. The van der Waals surface area contributed by atoms with Gasteiger partial charge in [-0.3, -0.25) is 4.79 Å². The largest absolute Gasteiger partial charge is 0.322 e. The molecular formula is C17H26N4O. The van der Waals surface area contributed by atoms with E-state index in [2.05, 4.69) is 41.4 Å². The number of nitrogens with zero attached hydrogens (tertiary/aromatic N) is 2. The van der Waals surface area contributed by atoms with Gasteiger partial charge in [-0.05, 0) is 25.2 Å². The number of amides is 1. The van der Waals surface area contributed by atoms with Crippen LogP contribution in [0.5, 0.6) is 0 Å². The minimum absolute atomic E-state index is 0.0431. The van der Waals surface area contributed by atoms with Gasteiger partial charge < -0.3 is 10.6 Å². The third kappa shape index (κ3) is 3.29. The van der Waals surface area contributed by atoms with Crippen molar-refractivity contribution in [3.8, 4) is 0 Å². The Morgan fingerprint density at radius 2 is 1.91 bits per heavy atom. The van der Waals surface area contributed by atoms with Gasteiger partial charge in [0.1, 0.15) is 5.82 Å². The number of rotatable bonds is 2. The number of fused-ring (bicyclic) bond motifs is 1. The molecule has 1 aliphatic heterocycles. The monoisotopic (exact) mass is 302 g/mol. The van der Waals surface area contributed by atoms with Gasteiger partial charge in [-0.2, -0.15) is 0 Å². The first-order valence-electron chi connectivity index (χ1n) is 8.33. The molecule has 1 amide bonds. The van der Waals surface area contributed by atoms with Gasteiger partial charge in [0.05, 0.1) is 24.1 Å². The molecule has 3 rings (SSSR count). The number of hydrogen-bond donors (Lipinski definition) is 2. The summed E-state index contributed by atoms with van der Waals surface area (Å²) in [6, 6.07) is 0.458. The summed E-state index contributed by atoms with van der Waals surface area (Å²) in [5.74, 6) is 1.50. The van der Waals surface area contributed by atoms with Crippen LogP contribution in [0.4, 0.5) is 5.69 Å². The van der Waals surface area contributed by atoms with Gasteiger partial charge in [0.2, 0.25) is 5.91 Å². The molecule has 1 aromatic heterocycles. The molecule has 2 heterocycles. The molecule has 0 radical (unpaired) electrons. The second-order valence-electron chi connectivity index (χ2n) is 7.64. The van der Waals surface area contributed by atoms with Crippen LogP contribution in [0.15, 0.2) is 12.4 Å². The Balaban J connectivity index is 1.60. The van der Waals surface area contributed by atoms with Crippen molar-refractivity contribution in [2.24, 2.45) is 5.92 Å². The van der Waals surface area contributed by atoms with Gasteiger partial charge >= 0.3 is 0 Å². The highest BCUT2D eigenvalue weighted by Crippen LogP contribution is 2.33. The van der Waals surface area contributed by atoms with Gasteiger partial charge in [-0.15, -0.1) is 0 Å². The second kappa shape index (κ2) is 5.95. The lowest BCUT2D eigenvalue weighted by atomic mass is 9.85. The van der Waals surface area contributed by atoms with Crippen LogP contribution >= 0.6 is 0 Å². The highest BCUT2D eigenvalue weighted by Gasteiger charge is 2.38. The van der Waals surface area contributed by atoms with Crippen molar-refractivity contribution in [1.29, 1.82) is 0 Å². The van der Waals surface area contributed by atoms with Crippen LogP contribution in [0, 0.1) is 5.92 Å². The van der Waals surface area contributed by atoms with Gasteiger partial charge in [-0.25, -0.2) is 9.97 Å². The van der Waals surface area contributed by atoms with Gasteiger partial charge in [-0.1, -0.05) is 33.6 Å². The van der Waals surface area contributed by atoms with Gasteiger partial charge in [0.15, 0.2) is 0 Å². The molecule has 22 heavy (non-hydrogen) atoms. The molecule has 0 bridgehead atoms. The lowest BCUT2D eigenvalue weighted by Crippen LogP contribution is -2.39. The van der Waals surface area contributed by atoms with E-state index in [0.717, 1.165) is 12.2 Å². The molecule has 3 unspecified atom stereocenters. The summed E-state index contributed by atoms with van der Waals surface area (Å²) in [6.45, 7) is 6.22. The van der Waals surface area contributed by atoms with E-state index in [1.165, 1.54) is 25.7 Å². The third-order valence-electron chi connectivity index (χ3n) is 4.77. The molecule has 2 aliphatic rings. The van der Waals surface area contributed by atoms with E-state index in [-0.39, 0.29) is 17.4 Å². The van der Waals surface area contributed by atoms with E-state index in [9.17, 15) is 4.79 Å². The van der Waals surface area contributed by atoms with E-state index in [4.69, 9.17) is 0 Å². The average molecular weight is 302 g/mol.